The van der Waals surface area contributed by atoms with Crippen LogP contribution in [0, 0.1) is 20.8 Å². The third-order valence-electron chi connectivity index (χ3n) is 4.48. The van der Waals surface area contributed by atoms with Crippen molar-refractivity contribution in [1.82, 2.24) is 0 Å². The molecule has 0 unspecified atom stereocenters. The van der Waals surface area contributed by atoms with Gasteiger partial charge in [0, 0.05) is 5.69 Å². The minimum atomic E-state index is -3.74. The van der Waals surface area contributed by atoms with Crippen molar-refractivity contribution < 1.29 is 17.9 Å². The van der Waals surface area contributed by atoms with Crippen LogP contribution in [0.15, 0.2) is 71.6 Å². The number of amides is 1. The molecule has 0 radical (unpaired) electrons. The number of hydrogen-bond acceptors (Lipinski definition) is 4. The summed E-state index contributed by atoms with van der Waals surface area (Å²) in [6, 6.07) is 19.0. The topological polar surface area (TPSA) is 84.5 Å². The largest absolute Gasteiger partial charge is 0.484 e. The van der Waals surface area contributed by atoms with Crippen molar-refractivity contribution in [3.05, 3.63) is 83.4 Å². The van der Waals surface area contributed by atoms with Gasteiger partial charge in [-0.1, -0.05) is 29.8 Å². The Balaban J connectivity index is 1.61. The van der Waals surface area contributed by atoms with Gasteiger partial charge < -0.3 is 10.1 Å². The molecular formula is C23H24N2O4S. The van der Waals surface area contributed by atoms with E-state index in [0.29, 0.717) is 17.1 Å². The molecule has 156 valence electrons. The second-order valence-corrected chi connectivity index (χ2v) is 8.78. The average molecular weight is 425 g/mol. The van der Waals surface area contributed by atoms with Crippen LogP contribution < -0.4 is 14.8 Å². The van der Waals surface area contributed by atoms with Crippen LogP contribution in [0.3, 0.4) is 0 Å². The first kappa shape index (κ1) is 21.4. The van der Waals surface area contributed by atoms with Gasteiger partial charge in [0.1, 0.15) is 5.75 Å². The Morgan fingerprint density at radius 3 is 2.17 bits per heavy atom. The molecule has 0 heterocycles. The van der Waals surface area contributed by atoms with Gasteiger partial charge in [-0.3, -0.25) is 9.52 Å². The number of rotatable bonds is 7. The van der Waals surface area contributed by atoms with Crippen molar-refractivity contribution in [2.45, 2.75) is 25.7 Å². The van der Waals surface area contributed by atoms with Gasteiger partial charge in [-0.25, -0.2) is 8.42 Å². The number of sulfonamides is 1. The first-order valence-corrected chi connectivity index (χ1v) is 10.9. The minimum absolute atomic E-state index is 0.109. The molecule has 0 spiro atoms. The van der Waals surface area contributed by atoms with E-state index in [1.807, 2.05) is 45.0 Å². The normalized spacial score (nSPS) is 11.0. The fourth-order valence-corrected chi connectivity index (χ4v) is 3.87. The molecular weight excluding hydrogens is 400 g/mol. The molecule has 7 heteroatoms. The van der Waals surface area contributed by atoms with E-state index in [4.69, 9.17) is 4.74 Å². The predicted molar refractivity (Wildman–Crippen MR) is 118 cm³/mol. The molecule has 0 fully saturated rings. The van der Waals surface area contributed by atoms with Gasteiger partial charge >= 0.3 is 0 Å². The Morgan fingerprint density at radius 2 is 1.50 bits per heavy atom. The van der Waals surface area contributed by atoms with Crippen LogP contribution in [-0.2, 0) is 14.8 Å². The van der Waals surface area contributed by atoms with Crippen molar-refractivity contribution >= 4 is 27.3 Å². The average Bonchev–Trinajstić information content (AvgIpc) is 2.70. The van der Waals surface area contributed by atoms with Gasteiger partial charge in [-0.2, -0.15) is 0 Å². The third-order valence-corrected chi connectivity index (χ3v) is 5.86. The number of nitrogens with one attached hydrogen (secondary N) is 2. The van der Waals surface area contributed by atoms with E-state index in [-0.39, 0.29) is 17.4 Å². The van der Waals surface area contributed by atoms with E-state index in [0.717, 1.165) is 16.7 Å². The molecule has 3 aromatic rings. The lowest BCUT2D eigenvalue weighted by molar-refractivity contribution is -0.118. The van der Waals surface area contributed by atoms with Crippen molar-refractivity contribution in [3.8, 4) is 5.75 Å². The molecule has 0 aliphatic heterocycles. The maximum atomic E-state index is 12.7. The molecule has 0 aliphatic carbocycles. The molecule has 30 heavy (non-hydrogen) atoms. The molecule has 2 N–H and O–H groups in total. The van der Waals surface area contributed by atoms with Crippen LogP contribution in [0.5, 0.6) is 5.75 Å². The second kappa shape index (κ2) is 9.00. The lowest BCUT2D eigenvalue weighted by Gasteiger charge is -2.12. The minimum Gasteiger partial charge on any atom is -0.484 e. The van der Waals surface area contributed by atoms with E-state index in [1.165, 1.54) is 12.1 Å². The summed E-state index contributed by atoms with van der Waals surface area (Å²) in [4.78, 5) is 12.2. The highest BCUT2D eigenvalue weighted by Gasteiger charge is 2.15. The lowest BCUT2D eigenvalue weighted by Crippen LogP contribution is -2.20. The zero-order valence-corrected chi connectivity index (χ0v) is 17.9. The van der Waals surface area contributed by atoms with Crippen LogP contribution in [0.2, 0.25) is 0 Å². The lowest BCUT2D eigenvalue weighted by atomic mass is 10.1. The molecule has 0 saturated heterocycles. The summed E-state index contributed by atoms with van der Waals surface area (Å²) in [5.74, 6) is 0.273. The number of ether oxygens (including phenoxy) is 1. The van der Waals surface area contributed by atoms with Crippen molar-refractivity contribution in [3.63, 3.8) is 0 Å². The number of anilines is 2. The predicted octanol–water partition coefficient (Wildman–Crippen LogP) is 4.43. The molecule has 0 saturated carbocycles. The van der Waals surface area contributed by atoms with Gasteiger partial charge in [-0.15, -0.1) is 0 Å². The van der Waals surface area contributed by atoms with E-state index in [2.05, 4.69) is 10.0 Å². The van der Waals surface area contributed by atoms with Crippen LogP contribution in [0.4, 0.5) is 11.4 Å². The first-order valence-electron chi connectivity index (χ1n) is 9.42. The Morgan fingerprint density at radius 1 is 0.867 bits per heavy atom. The number of benzene rings is 3. The van der Waals surface area contributed by atoms with Crippen molar-refractivity contribution in [1.29, 1.82) is 0 Å². The van der Waals surface area contributed by atoms with Crippen molar-refractivity contribution in [2.24, 2.45) is 0 Å². The summed E-state index contributed by atoms with van der Waals surface area (Å²) >= 11 is 0. The Bertz CT molecular complexity index is 1140. The maximum absolute atomic E-state index is 12.7. The SMILES string of the molecule is Cc1ccc(OCC(=O)Nc2ccc(S(=O)(=O)Nc3cc(C)ccc3C)cc2)cc1. The van der Waals surface area contributed by atoms with E-state index < -0.39 is 10.0 Å². The summed E-state index contributed by atoms with van der Waals surface area (Å²) in [6.07, 6.45) is 0. The molecule has 6 nitrogen and oxygen atoms in total. The Kier molecular flexibility index (Phi) is 6.42. The molecule has 1 amide bonds. The van der Waals surface area contributed by atoms with Gasteiger partial charge in [0.15, 0.2) is 6.61 Å². The van der Waals surface area contributed by atoms with Crippen LogP contribution in [-0.4, -0.2) is 20.9 Å². The summed E-state index contributed by atoms with van der Waals surface area (Å²) in [7, 11) is -3.74. The van der Waals surface area contributed by atoms with E-state index in [1.54, 1.807) is 30.3 Å². The number of carbonyl (C=O) groups excluding carboxylic acids is 1. The first-order chi connectivity index (χ1) is 14.2. The summed E-state index contributed by atoms with van der Waals surface area (Å²) in [5, 5.41) is 2.69. The van der Waals surface area contributed by atoms with Gasteiger partial charge in [0.25, 0.3) is 15.9 Å². The van der Waals surface area contributed by atoms with E-state index in [9.17, 15) is 13.2 Å². The monoisotopic (exact) mass is 424 g/mol. The summed E-state index contributed by atoms with van der Waals surface area (Å²) in [6.45, 7) is 5.57. The fourth-order valence-electron chi connectivity index (χ4n) is 2.75. The van der Waals surface area contributed by atoms with E-state index >= 15 is 0 Å². The smallest absolute Gasteiger partial charge is 0.262 e. The molecule has 3 aromatic carbocycles. The van der Waals surface area contributed by atoms with Crippen LogP contribution in [0.1, 0.15) is 16.7 Å². The van der Waals surface area contributed by atoms with Crippen LogP contribution >= 0.6 is 0 Å². The highest BCUT2D eigenvalue weighted by atomic mass is 32.2. The van der Waals surface area contributed by atoms with Crippen molar-refractivity contribution in [2.75, 3.05) is 16.6 Å². The molecule has 0 aliphatic rings. The third kappa shape index (κ3) is 5.61. The standard InChI is InChI=1S/C23H24N2O4S/c1-16-5-10-20(11-6-16)29-15-23(26)24-19-8-12-21(13-9-19)30(27,28)25-22-14-17(2)4-7-18(22)3/h4-14,25H,15H2,1-3H3,(H,24,26). The zero-order valence-electron chi connectivity index (χ0n) is 17.1. The van der Waals surface area contributed by atoms with Gasteiger partial charge in [0.2, 0.25) is 0 Å². The second-order valence-electron chi connectivity index (χ2n) is 7.10. The quantitative estimate of drug-likeness (QED) is 0.588. The zero-order chi connectivity index (χ0) is 21.7. The molecule has 0 aromatic heterocycles. The molecule has 0 atom stereocenters. The molecule has 0 bridgehead atoms. The maximum Gasteiger partial charge on any atom is 0.262 e. The Hall–Kier alpha value is -3.32. The number of hydrogen-bond donors (Lipinski definition) is 2. The summed E-state index contributed by atoms with van der Waals surface area (Å²) < 4.78 is 33.4. The highest BCUT2D eigenvalue weighted by Crippen LogP contribution is 2.22. The number of aryl methyl sites for hydroxylation is 3. The molecule has 3 rings (SSSR count). The summed E-state index contributed by atoms with van der Waals surface area (Å²) in [5.41, 5.74) is 3.93. The van der Waals surface area contributed by atoms with Gasteiger partial charge in [0.05, 0.1) is 10.6 Å². The number of carbonyl (C=O) groups is 1. The Labute approximate surface area is 177 Å². The van der Waals surface area contributed by atoms with Crippen LogP contribution in [0.25, 0.3) is 0 Å². The highest BCUT2D eigenvalue weighted by molar-refractivity contribution is 7.92. The fraction of sp³-hybridized carbons (Fsp3) is 0.174. The van der Waals surface area contributed by atoms with Gasteiger partial charge in [-0.05, 0) is 74.4 Å².